The smallest absolute Gasteiger partial charge is 0.273 e. The Morgan fingerprint density at radius 1 is 1.18 bits per heavy atom. The first-order valence-electron chi connectivity index (χ1n) is 11.9. The molecule has 0 unspecified atom stereocenters. The first kappa shape index (κ1) is 25.9. The van der Waals surface area contributed by atoms with Gasteiger partial charge in [-0.15, -0.1) is 0 Å². The normalized spacial score (nSPS) is 16.1. The van der Waals surface area contributed by atoms with Gasteiger partial charge in [0.2, 0.25) is 0 Å². The summed E-state index contributed by atoms with van der Waals surface area (Å²) in [5.41, 5.74) is 0.273. The fourth-order valence-electron chi connectivity index (χ4n) is 3.96. The third-order valence-electron chi connectivity index (χ3n) is 5.94. The number of methoxy groups -OCH3 is 1. The van der Waals surface area contributed by atoms with E-state index >= 15 is 0 Å². The molecule has 1 aromatic heterocycles. The monoisotopic (exact) mass is 471 g/mol. The molecule has 34 heavy (non-hydrogen) atoms. The molecule has 0 saturated carbocycles. The van der Waals surface area contributed by atoms with E-state index in [0.29, 0.717) is 41.3 Å². The van der Waals surface area contributed by atoms with E-state index < -0.39 is 5.41 Å². The average molecular weight is 472 g/mol. The zero-order valence-corrected chi connectivity index (χ0v) is 21.1. The number of amides is 1. The molecule has 1 fully saturated rings. The molecule has 1 aromatic carbocycles. The summed E-state index contributed by atoms with van der Waals surface area (Å²) in [6.07, 6.45) is 0.901. The number of benzene rings is 1. The van der Waals surface area contributed by atoms with Gasteiger partial charge in [-0.05, 0) is 38.9 Å². The van der Waals surface area contributed by atoms with Crippen LogP contribution in [0.4, 0.5) is 0 Å². The van der Waals surface area contributed by atoms with Crippen LogP contribution >= 0.6 is 0 Å². The van der Waals surface area contributed by atoms with Crippen LogP contribution in [0.2, 0.25) is 0 Å². The molecule has 0 spiro atoms. The van der Waals surface area contributed by atoms with Crippen molar-refractivity contribution in [3.63, 3.8) is 0 Å². The summed E-state index contributed by atoms with van der Waals surface area (Å²) < 4.78 is 17.0. The van der Waals surface area contributed by atoms with Gasteiger partial charge in [0.15, 0.2) is 5.78 Å². The van der Waals surface area contributed by atoms with E-state index in [0.717, 1.165) is 19.5 Å². The van der Waals surface area contributed by atoms with E-state index in [1.54, 1.807) is 19.2 Å². The number of nitrogens with one attached hydrogen (secondary N) is 1. The van der Waals surface area contributed by atoms with Crippen molar-refractivity contribution in [3.05, 3.63) is 30.0 Å². The molecule has 1 saturated heterocycles. The first-order valence-corrected chi connectivity index (χ1v) is 11.9. The maximum atomic E-state index is 13.7. The molecule has 0 radical (unpaired) electrons. The number of carbonyl (C=O) groups is 2. The number of fused-ring (bicyclic) bond motifs is 1. The summed E-state index contributed by atoms with van der Waals surface area (Å²) in [6.45, 7) is 11.9. The van der Waals surface area contributed by atoms with E-state index in [2.05, 4.69) is 5.32 Å². The number of aromatic nitrogens is 1. The molecule has 8 nitrogen and oxygen atoms in total. The van der Waals surface area contributed by atoms with Crippen LogP contribution in [0.3, 0.4) is 0 Å². The van der Waals surface area contributed by atoms with E-state index in [4.69, 9.17) is 19.2 Å². The summed E-state index contributed by atoms with van der Waals surface area (Å²) in [7, 11) is 1.61. The molecule has 1 N–H and O–H groups in total. The fraction of sp³-hybridized carbons (Fsp3) is 0.577. The Morgan fingerprint density at radius 3 is 2.56 bits per heavy atom. The highest BCUT2D eigenvalue weighted by Gasteiger charge is 2.31. The quantitative estimate of drug-likeness (QED) is 0.531. The van der Waals surface area contributed by atoms with E-state index in [1.165, 1.54) is 0 Å². The summed E-state index contributed by atoms with van der Waals surface area (Å²) >= 11 is 0. The number of rotatable bonds is 10. The molecule has 2 aromatic rings. The number of hydrogen-bond donors (Lipinski definition) is 1. The summed E-state index contributed by atoms with van der Waals surface area (Å²) in [4.78, 5) is 32.7. The highest BCUT2D eigenvalue weighted by Crippen LogP contribution is 2.33. The Balaban J connectivity index is 2.03. The molecule has 1 atom stereocenters. The van der Waals surface area contributed by atoms with Crippen molar-refractivity contribution in [2.75, 3.05) is 40.0 Å². The van der Waals surface area contributed by atoms with Crippen molar-refractivity contribution < 1.29 is 23.8 Å². The second-order valence-corrected chi connectivity index (χ2v) is 9.91. The van der Waals surface area contributed by atoms with E-state index in [-0.39, 0.29) is 30.4 Å². The minimum atomic E-state index is -0.513. The molecule has 0 bridgehead atoms. The van der Waals surface area contributed by atoms with Gasteiger partial charge in [-0.3, -0.25) is 9.59 Å². The summed E-state index contributed by atoms with van der Waals surface area (Å²) in [5, 5.41) is 4.05. The van der Waals surface area contributed by atoms with Crippen LogP contribution in [0.1, 0.15) is 51.5 Å². The van der Waals surface area contributed by atoms with Crippen LogP contribution in [0.15, 0.2) is 24.3 Å². The van der Waals surface area contributed by atoms with Gasteiger partial charge in [0.25, 0.3) is 5.91 Å². The maximum Gasteiger partial charge on any atom is 0.273 e. The molecule has 8 heteroatoms. The molecular weight excluding hydrogens is 434 g/mol. The zero-order valence-electron chi connectivity index (χ0n) is 21.1. The predicted octanol–water partition coefficient (Wildman–Crippen LogP) is 3.47. The Bertz CT molecular complexity index is 1010. The molecular formula is C26H37N3O5. The maximum absolute atomic E-state index is 13.7. The lowest BCUT2D eigenvalue weighted by molar-refractivity contribution is -0.128. The number of ether oxygens (including phenoxy) is 3. The Hall–Kier alpha value is -2.71. The average Bonchev–Trinajstić information content (AvgIpc) is 3.30. The van der Waals surface area contributed by atoms with Crippen molar-refractivity contribution in [1.82, 2.24) is 15.2 Å². The highest BCUT2D eigenvalue weighted by molar-refractivity contribution is 5.99. The number of carbonyl (C=O) groups excluding carboxylic acids is 2. The topological polar surface area (TPSA) is 90.0 Å². The highest BCUT2D eigenvalue weighted by atomic mass is 16.5. The summed E-state index contributed by atoms with van der Waals surface area (Å²) in [6, 6.07) is 7.29. The number of ketones is 1. The molecule has 186 valence electrons. The zero-order chi connectivity index (χ0) is 24.9. The molecule has 0 aliphatic carbocycles. The van der Waals surface area contributed by atoms with Gasteiger partial charge in [0.05, 0.1) is 6.61 Å². The van der Waals surface area contributed by atoms with Crippen molar-refractivity contribution in [1.29, 1.82) is 0 Å². The lowest BCUT2D eigenvalue weighted by Gasteiger charge is -2.32. The van der Waals surface area contributed by atoms with Crippen LogP contribution in [-0.4, -0.2) is 73.7 Å². The minimum absolute atomic E-state index is 0.0173. The Morgan fingerprint density at radius 2 is 1.94 bits per heavy atom. The van der Waals surface area contributed by atoms with Crippen molar-refractivity contribution in [3.8, 4) is 11.5 Å². The SMILES string of the molecule is COCCOc1cc(C(=O)N(C(C)C)[C@H]2CCNC2)nc2c(OCC(=O)C(C)(C)C)cccc12. The molecule has 2 heterocycles. The van der Waals surface area contributed by atoms with Crippen molar-refractivity contribution in [2.45, 2.75) is 53.1 Å². The van der Waals surface area contributed by atoms with Gasteiger partial charge >= 0.3 is 0 Å². The number of hydrogen-bond acceptors (Lipinski definition) is 7. The standard InChI is InChI=1S/C26H37N3O5/c1-17(2)29(18-10-11-27-15-18)25(31)20-14-22(33-13-12-32-6)19-8-7-9-21(24(19)28-20)34-16-23(30)26(3,4)5/h7-9,14,17-18,27H,10-13,15-16H2,1-6H3/t18-/m0/s1. The number of nitrogens with zero attached hydrogens (tertiary/aromatic N) is 2. The molecule has 1 aliphatic heterocycles. The van der Waals surface area contributed by atoms with Gasteiger partial charge in [0, 0.05) is 42.6 Å². The molecule has 1 aliphatic rings. The number of Topliss-reactive ketones (excluding diaryl/α,β-unsaturated/α-hetero) is 1. The summed E-state index contributed by atoms with van der Waals surface area (Å²) in [5.74, 6) is 0.807. The van der Waals surface area contributed by atoms with Crippen LogP contribution in [-0.2, 0) is 9.53 Å². The molecule has 3 rings (SSSR count). The number of para-hydroxylation sites is 1. The van der Waals surface area contributed by atoms with Crippen LogP contribution in [0.5, 0.6) is 11.5 Å². The van der Waals surface area contributed by atoms with Gasteiger partial charge < -0.3 is 24.4 Å². The van der Waals surface area contributed by atoms with E-state index in [1.807, 2.05) is 51.7 Å². The minimum Gasteiger partial charge on any atom is -0.490 e. The second kappa shape index (κ2) is 11.1. The lowest BCUT2D eigenvalue weighted by atomic mass is 9.91. The third kappa shape index (κ3) is 6.04. The van der Waals surface area contributed by atoms with E-state index in [9.17, 15) is 9.59 Å². The van der Waals surface area contributed by atoms with Crippen LogP contribution < -0.4 is 14.8 Å². The Labute approximate surface area is 202 Å². The van der Waals surface area contributed by atoms with Crippen LogP contribution in [0, 0.1) is 5.41 Å². The van der Waals surface area contributed by atoms with Gasteiger partial charge in [-0.2, -0.15) is 0 Å². The van der Waals surface area contributed by atoms with Crippen molar-refractivity contribution >= 4 is 22.6 Å². The van der Waals surface area contributed by atoms with Gasteiger partial charge in [-0.25, -0.2) is 4.98 Å². The molecule has 1 amide bonds. The number of pyridine rings is 1. The van der Waals surface area contributed by atoms with Crippen LogP contribution in [0.25, 0.3) is 10.9 Å². The van der Waals surface area contributed by atoms with Crippen molar-refractivity contribution in [2.24, 2.45) is 5.41 Å². The fourth-order valence-corrected chi connectivity index (χ4v) is 3.96. The first-order chi connectivity index (χ1) is 16.1. The largest absolute Gasteiger partial charge is 0.490 e. The van der Waals surface area contributed by atoms with Gasteiger partial charge in [0.1, 0.15) is 35.9 Å². The predicted molar refractivity (Wildman–Crippen MR) is 132 cm³/mol. The Kier molecular flexibility index (Phi) is 8.49. The third-order valence-corrected chi connectivity index (χ3v) is 5.94. The van der Waals surface area contributed by atoms with Gasteiger partial charge in [-0.1, -0.05) is 26.8 Å². The second-order valence-electron chi connectivity index (χ2n) is 9.91. The lowest BCUT2D eigenvalue weighted by Crippen LogP contribution is -2.46.